The van der Waals surface area contributed by atoms with Crippen LogP contribution in [0.3, 0.4) is 0 Å². The van der Waals surface area contributed by atoms with Gasteiger partial charge in [0, 0.05) is 17.0 Å². The van der Waals surface area contributed by atoms with E-state index in [1.54, 1.807) is 18.7 Å². The molecule has 1 aromatic heterocycles. The molecule has 0 saturated carbocycles. The first-order chi connectivity index (χ1) is 12.2. The summed E-state index contributed by atoms with van der Waals surface area (Å²) in [5.74, 6) is 1.95. The summed E-state index contributed by atoms with van der Waals surface area (Å²) < 4.78 is 5.77. The Labute approximate surface area is 150 Å². The molecule has 0 saturated heterocycles. The Morgan fingerprint density at radius 3 is 2.72 bits per heavy atom. The van der Waals surface area contributed by atoms with Crippen LogP contribution in [0.25, 0.3) is 11.5 Å². The molecule has 0 radical (unpaired) electrons. The van der Waals surface area contributed by atoms with Gasteiger partial charge in [-0.25, -0.2) is 4.98 Å². The molecule has 0 aliphatic carbocycles. The largest absolute Gasteiger partial charge is 0.441 e. The number of benzene rings is 2. The minimum Gasteiger partial charge on any atom is -0.441 e. The summed E-state index contributed by atoms with van der Waals surface area (Å²) in [7, 11) is 0. The molecule has 3 aromatic rings. The van der Waals surface area contributed by atoms with E-state index in [0.29, 0.717) is 23.9 Å². The van der Waals surface area contributed by atoms with E-state index >= 15 is 0 Å². The lowest BCUT2D eigenvalue weighted by Crippen LogP contribution is -2.32. The summed E-state index contributed by atoms with van der Waals surface area (Å²) in [4.78, 5) is 20.6. The lowest BCUT2D eigenvalue weighted by atomic mass is 10.2. The second-order valence-corrected chi connectivity index (χ2v) is 7.05. The first-order valence-electron chi connectivity index (χ1n) is 8.30. The SMILES string of the molecule is Cc1oc(-c2ccccc2)nc1C(=O)N1CCCSc2ccccc21. The van der Waals surface area contributed by atoms with Crippen LogP contribution < -0.4 is 4.90 Å². The van der Waals surface area contributed by atoms with Crippen LogP contribution in [0.5, 0.6) is 0 Å². The molecule has 1 aliphatic rings. The zero-order valence-electron chi connectivity index (χ0n) is 13.9. The van der Waals surface area contributed by atoms with Gasteiger partial charge in [0.15, 0.2) is 5.69 Å². The monoisotopic (exact) mass is 350 g/mol. The number of carbonyl (C=O) groups is 1. The Morgan fingerprint density at radius 2 is 1.88 bits per heavy atom. The Kier molecular flexibility index (Phi) is 4.32. The smallest absolute Gasteiger partial charge is 0.280 e. The fourth-order valence-corrected chi connectivity index (χ4v) is 3.96. The van der Waals surface area contributed by atoms with Crippen molar-refractivity contribution in [1.29, 1.82) is 0 Å². The fraction of sp³-hybridized carbons (Fsp3) is 0.200. The van der Waals surface area contributed by atoms with Crippen LogP contribution in [-0.2, 0) is 0 Å². The van der Waals surface area contributed by atoms with Gasteiger partial charge < -0.3 is 9.32 Å². The summed E-state index contributed by atoms with van der Waals surface area (Å²) in [5, 5.41) is 0. The van der Waals surface area contributed by atoms with Gasteiger partial charge in [0.1, 0.15) is 5.76 Å². The topological polar surface area (TPSA) is 46.3 Å². The molecule has 0 N–H and O–H groups in total. The van der Waals surface area contributed by atoms with Gasteiger partial charge in [-0.1, -0.05) is 30.3 Å². The zero-order valence-corrected chi connectivity index (χ0v) is 14.8. The highest BCUT2D eigenvalue weighted by Gasteiger charge is 2.27. The van der Waals surface area contributed by atoms with E-state index in [2.05, 4.69) is 11.1 Å². The van der Waals surface area contributed by atoms with Crippen molar-refractivity contribution in [2.75, 3.05) is 17.2 Å². The third-order valence-corrected chi connectivity index (χ3v) is 5.35. The van der Waals surface area contributed by atoms with Crippen LogP contribution in [0.15, 0.2) is 63.9 Å². The van der Waals surface area contributed by atoms with E-state index in [4.69, 9.17) is 4.42 Å². The lowest BCUT2D eigenvalue weighted by molar-refractivity contribution is 0.0981. The number of amides is 1. The standard InChI is InChI=1S/C20H18N2O2S/c1-14-18(21-19(24-14)15-8-3-2-4-9-15)20(23)22-12-7-13-25-17-11-6-5-10-16(17)22/h2-6,8-11H,7,12-13H2,1H3. The van der Waals surface area contributed by atoms with Crippen molar-refractivity contribution in [3.63, 3.8) is 0 Å². The summed E-state index contributed by atoms with van der Waals surface area (Å²) in [6, 6.07) is 17.7. The number of rotatable bonds is 2. The third kappa shape index (κ3) is 3.07. The van der Waals surface area contributed by atoms with Crippen LogP contribution >= 0.6 is 11.8 Å². The number of aromatic nitrogens is 1. The van der Waals surface area contributed by atoms with Crippen molar-refractivity contribution >= 4 is 23.4 Å². The van der Waals surface area contributed by atoms with Gasteiger partial charge in [0.25, 0.3) is 5.91 Å². The molecule has 1 amide bonds. The quantitative estimate of drug-likeness (QED) is 0.666. The van der Waals surface area contributed by atoms with Crippen molar-refractivity contribution in [2.24, 2.45) is 0 Å². The predicted octanol–water partition coefficient (Wildman–Crippen LogP) is 4.79. The number of fused-ring (bicyclic) bond motifs is 1. The van der Waals surface area contributed by atoms with Crippen LogP contribution in [-0.4, -0.2) is 23.2 Å². The molecule has 0 fully saturated rings. The maximum atomic E-state index is 13.2. The first-order valence-corrected chi connectivity index (χ1v) is 9.29. The lowest BCUT2D eigenvalue weighted by Gasteiger charge is -2.21. The average molecular weight is 350 g/mol. The molecule has 5 heteroatoms. The second kappa shape index (κ2) is 6.76. The van der Waals surface area contributed by atoms with Crippen molar-refractivity contribution in [3.05, 3.63) is 66.1 Å². The molecule has 0 atom stereocenters. The second-order valence-electron chi connectivity index (χ2n) is 5.92. The van der Waals surface area contributed by atoms with Gasteiger partial charge in [-0.05, 0) is 43.4 Å². The number of aryl methyl sites for hydroxylation is 1. The van der Waals surface area contributed by atoms with Crippen LogP contribution in [0.4, 0.5) is 5.69 Å². The normalized spacial score (nSPS) is 14.0. The van der Waals surface area contributed by atoms with Gasteiger partial charge in [-0.3, -0.25) is 4.79 Å². The van der Waals surface area contributed by atoms with Gasteiger partial charge in [-0.2, -0.15) is 0 Å². The molecule has 1 aliphatic heterocycles. The average Bonchev–Trinajstić information content (AvgIpc) is 2.91. The third-order valence-electron chi connectivity index (χ3n) is 4.20. The molecule has 0 spiro atoms. The van der Waals surface area contributed by atoms with Crippen molar-refractivity contribution in [2.45, 2.75) is 18.2 Å². The maximum Gasteiger partial charge on any atom is 0.280 e. The molecule has 4 rings (SSSR count). The Morgan fingerprint density at radius 1 is 1.12 bits per heavy atom. The van der Waals surface area contributed by atoms with E-state index < -0.39 is 0 Å². The molecule has 126 valence electrons. The first kappa shape index (κ1) is 16.0. The summed E-state index contributed by atoms with van der Waals surface area (Å²) in [6.45, 7) is 2.49. The number of anilines is 1. The highest BCUT2D eigenvalue weighted by atomic mass is 32.2. The van der Waals surface area contributed by atoms with E-state index in [9.17, 15) is 4.79 Å². The Hall–Kier alpha value is -2.53. The molecular weight excluding hydrogens is 332 g/mol. The maximum absolute atomic E-state index is 13.2. The number of hydrogen-bond donors (Lipinski definition) is 0. The van der Waals surface area contributed by atoms with Gasteiger partial charge >= 0.3 is 0 Å². The number of para-hydroxylation sites is 1. The van der Waals surface area contributed by atoms with Crippen molar-refractivity contribution < 1.29 is 9.21 Å². The van der Waals surface area contributed by atoms with Gasteiger partial charge in [-0.15, -0.1) is 11.8 Å². The minimum atomic E-state index is -0.0987. The number of carbonyl (C=O) groups excluding carboxylic acids is 1. The summed E-state index contributed by atoms with van der Waals surface area (Å²) in [6.07, 6.45) is 0.952. The predicted molar refractivity (Wildman–Crippen MR) is 100 cm³/mol. The highest BCUT2D eigenvalue weighted by molar-refractivity contribution is 7.99. The molecule has 25 heavy (non-hydrogen) atoms. The van der Waals surface area contributed by atoms with E-state index in [0.717, 1.165) is 28.3 Å². The van der Waals surface area contributed by atoms with Gasteiger partial charge in [0.2, 0.25) is 5.89 Å². The number of nitrogens with zero attached hydrogens (tertiary/aromatic N) is 2. The summed E-state index contributed by atoms with van der Waals surface area (Å²) in [5.41, 5.74) is 2.22. The zero-order chi connectivity index (χ0) is 17.2. The van der Waals surface area contributed by atoms with E-state index in [-0.39, 0.29) is 5.91 Å². The molecule has 0 bridgehead atoms. The number of thioether (sulfide) groups is 1. The van der Waals surface area contributed by atoms with E-state index in [1.165, 1.54) is 0 Å². The van der Waals surface area contributed by atoms with Gasteiger partial charge in [0.05, 0.1) is 5.69 Å². The Balaban J connectivity index is 1.71. The molecule has 0 unspecified atom stereocenters. The van der Waals surface area contributed by atoms with E-state index in [1.807, 2.05) is 53.4 Å². The molecule has 2 heterocycles. The molecule has 4 nitrogen and oxygen atoms in total. The minimum absolute atomic E-state index is 0.0987. The van der Waals surface area contributed by atoms with Crippen LogP contribution in [0.2, 0.25) is 0 Å². The Bertz CT molecular complexity index is 905. The van der Waals surface area contributed by atoms with Crippen LogP contribution in [0, 0.1) is 6.92 Å². The van der Waals surface area contributed by atoms with Crippen molar-refractivity contribution in [1.82, 2.24) is 4.98 Å². The summed E-state index contributed by atoms with van der Waals surface area (Å²) >= 11 is 1.79. The number of hydrogen-bond acceptors (Lipinski definition) is 4. The van der Waals surface area contributed by atoms with Crippen molar-refractivity contribution in [3.8, 4) is 11.5 Å². The van der Waals surface area contributed by atoms with Crippen LogP contribution in [0.1, 0.15) is 22.7 Å². The molecule has 2 aromatic carbocycles. The number of oxazole rings is 1. The fourth-order valence-electron chi connectivity index (χ4n) is 2.97. The molecular formula is C20H18N2O2S. The highest BCUT2D eigenvalue weighted by Crippen LogP contribution is 2.34.